The molecule has 2 bridgehead atoms. The minimum Gasteiger partial charge on any atom is -0.395 e. The summed E-state index contributed by atoms with van der Waals surface area (Å²) in [5, 5.41) is 15.7. The molecule has 1 aromatic carbocycles. The smallest absolute Gasteiger partial charge is 0.159 e. The lowest BCUT2D eigenvalue weighted by Crippen LogP contribution is -2.37. The Morgan fingerprint density at radius 1 is 1.15 bits per heavy atom. The van der Waals surface area contributed by atoms with Crippen molar-refractivity contribution in [1.29, 1.82) is 0 Å². The summed E-state index contributed by atoms with van der Waals surface area (Å²) >= 11 is 6.73. The number of piperidine rings is 1. The fourth-order valence-corrected chi connectivity index (χ4v) is 5.97. The molecule has 2 atom stereocenters. The van der Waals surface area contributed by atoms with Crippen LogP contribution in [0.1, 0.15) is 36.6 Å². The van der Waals surface area contributed by atoms with Crippen molar-refractivity contribution in [3.63, 3.8) is 0 Å². The van der Waals surface area contributed by atoms with Gasteiger partial charge in [-0.05, 0) is 62.9 Å². The molecule has 3 aromatic rings. The van der Waals surface area contributed by atoms with E-state index in [0.717, 1.165) is 85.4 Å². The topological polar surface area (TPSA) is 79.5 Å². The van der Waals surface area contributed by atoms with E-state index in [2.05, 4.69) is 21.0 Å². The maximum atomic E-state index is 9.23. The summed E-state index contributed by atoms with van der Waals surface area (Å²) in [6.07, 6.45) is 5.32. The average Bonchev–Trinajstić information content (AvgIpc) is 3.55. The third-order valence-electron chi connectivity index (χ3n) is 7.35. The van der Waals surface area contributed by atoms with E-state index in [1.165, 1.54) is 5.56 Å². The Kier molecular flexibility index (Phi) is 5.49. The fourth-order valence-electron chi connectivity index (χ4n) is 5.64. The van der Waals surface area contributed by atoms with Gasteiger partial charge in [-0.15, -0.1) is 0 Å². The highest BCUT2D eigenvalue weighted by Gasteiger charge is 2.39. The zero-order valence-corrected chi connectivity index (χ0v) is 19.6. The number of likely N-dealkylation sites (tertiary alicyclic amines) is 1. The number of aromatic nitrogens is 4. The van der Waals surface area contributed by atoms with Crippen molar-refractivity contribution in [1.82, 2.24) is 24.6 Å². The van der Waals surface area contributed by atoms with Crippen molar-refractivity contribution in [2.24, 2.45) is 0 Å². The number of morpholine rings is 1. The molecule has 1 N–H and O–H groups in total. The Labute approximate surface area is 198 Å². The minimum absolute atomic E-state index is 0.211. The van der Waals surface area contributed by atoms with Crippen LogP contribution in [0.15, 0.2) is 24.4 Å². The molecule has 0 saturated carbocycles. The molecule has 174 valence electrons. The van der Waals surface area contributed by atoms with Gasteiger partial charge >= 0.3 is 0 Å². The van der Waals surface area contributed by atoms with Gasteiger partial charge in [0.05, 0.1) is 37.1 Å². The van der Waals surface area contributed by atoms with Gasteiger partial charge in [0, 0.05) is 29.6 Å². The van der Waals surface area contributed by atoms with Gasteiger partial charge in [0.2, 0.25) is 0 Å². The second kappa shape index (κ2) is 8.51. The molecule has 9 heteroatoms. The predicted molar refractivity (Wildman–Crippen MR) is 127 cm³/mol. The number of hydrogen-bond donors (Lipinski definition) is 1. The molecular weight excluding hydrogens is 440 g/mol. The van der Waals surface area contributed by atoms with E-state index in [0.29, 0.717) is 18.1 Å². The van der Waals surface area contributed by atoms with Crippen molar-refractivity contribution >= 4 is 28.3 Å². The summed E-state index contributed by atoms with van der Waals surface area (Å²) in [4.78, 5) is 14.1. The van der Waals surface area contributed by atoms with E-state index in [1.807, 2.05) is 29.9 Å². The Bertz CT molecular complexity index is 1180. The first-order chi connectivity index (χ1) is 16.1. The third kappa shape index (κ3) is 3.89. The molecule has 2 unspecified atom stereocenters. The molecule has 6 rings (SSSR count). The lowest BCUT2D eigenvalue weighted by atomic mass is 9.89. The van der Waals surface area contributed by atoms with E-state index < -0.39 is 0 Å². The van der Waals surface area contributed by atoms with E-state index >= 15 is 0 Å². The Morgan fingerprint density at radius 3 is 2.70 bits per heavy atom. The molecule has 3 saturated heterocycles. The number of benzene rings is 1. The van der Waals surface area contributed by atoms with Crippen molar-refractivity contribution in [2.75, 3.05) is 44.3 Å². The first kappa shape index (κ1) is 21.3. The van der Waals surface area contributed by atoms with Gasteiger partial charge in [0.15, 0.2) is 5.82 Å². The maximum absolute atomic E-state index is 9.23. The largest absolute Gasteiger partial charge is 0.395 e. The van der Waals surface area contributed by atoms with Gasteiger partial charge in [-0.2, -0.15) is 5.10 Å². The summed E-state index contributed by atoms with van der Waals surface area (Å²) < 4.78 is 7.68. The van der Waals surface area contributed by atoms with Crippen LogP contribution in [0.3, 0.4) is 0 Å². The number of fused-ring (bicyclic) bond motifs is 3. The number of aliphatic hydroxyl groups excluding tert-OH is 1. The molecular formula is C24H29ClN6O2. The van der Waals surface area contributed by atoms with Crippen LogP contribution in [0, 0.1) is 6.92 Å². The van der Waals surface area contributed by atoms with Crippen molar-refractivity contribution in [3.05, 3.63) is 40.8 Å². The first-order valence-corrected chi connectivity index (χ1v) is 12.2. The summed E-state index contributed by atoms with van der Waals surface area (Å²) in [5.41, 5.74) is 2.19. The van der Waals surface area contributed by atoms with Gasteiger partial charge in [0.25, 0.3) is 0 Å². The molecule has 3 aliphatic heterocycles. The number of ether oxygens (including phenoxy) is 1. The second-order valence-corrected chi connectivity index (χ2v) is 9.86. The molecule has 5 heterocycles. The highest BCUT2D eigenvalue weighted by Crippen LogP contribution is 2.36. The van der Waals surface area contributed by atoms with E-state index in [4.69, 9.17) is 26.3 Å². The van der Waals surface area contributed by atoms with Crippen LogP contribution < -0.4 is 4.90 Å². The Hall–Kier alpha value is -2.26. The Balaban J connectivity index is 1.34. The molecule has 2 aromatic heterocycles. The highest BCUT2D eigenvalue weighted by atomic mass is 35.5. The monoisotopic (exact) mass is 468 g/mol. The van der Waals surface area contributed by atoms with Crippen molar-refractivity contribution in [3.8, 4) is 5.82 Å². The number of aliphatic hydroxyl groups is 1. The molecule has 3 aliphatic rings. The molecule has 33 heavy (non-hydrogen) atoms. The molecule has 8 nitrogen and oxygen atoms in total. The van der Waals surface area contributed by atoms with Gasteiger partial charge < -0.3 is 19.6 Å². The van der Waals surface area contributed by atoms with Crippen LogP contribution in [-0.4, -0.2) is 81.3 Å². The standard InChI is InChI=1S/C24H29ClN6O2/c1-15-27-23(30-13-19-9-18(30)14-33-19)11-24(28-15)31-22-10-20(21(25)8-17(22)12-26-31)16-2-4-29(5-3-16)6-7-32/h8,10-12,16,18-19,32H,2-7,9,13-14H2,1H3. The zero-order chi connectivity index (χ0) is 22.5. The minimum atomic E-state index is 0.211. The van der Waals surface area contributed by atoms with E-state index in [1.54, 1.807) is 0 Å². The third-order valence-corrected chi connectivity index (χ3v) is 7.68. The lowest BCUT2D eigenvalue weighted by Gasteiger charge is -2.32. The highest BCUT2D eigenvalue weighted by molar-refractivity contribution is 6.32. The number of aryl methyl sites for hydroxylation is 1. The van der Waals surface area contributed by atoms with E-state index in [9.17, 15) is 5.11 Å². The van der Waals surface area contributed by atoms with Crippen LogP contribution >= 0.6 is 11.6 Å². The van der Waals surface area contributed by atoms with Crippen LogP contribution in [0.2, 0.25) is 5.02 Å². The van der Waals surface area contributed by atoms with Gasteiger partial charge in [-0.1, -0.05) is 11.6 Å². The lowest BCUT2D eigenvalue weighted by molar-refractivity contribution is 0.0988. The summed E-state index contributed by atoms with van der Waals surface area (Å²) in [7, 11) is 0. The van der Waals surface area contributed by atoms with Crippen LogP contribution in [-0.2, 0) is 4.74 Å². The number of β-amino-alcohol motifs (C(OH)–C–C–N with tert-alkyl or cyclic N) is 1. The van der Waals surface area contributed by atoms with Crippen LogP contribution in [0.4, 0.5) is 5.82 Å². The molecule has 0 amide bonds. The number of rotatable bonds is 5. The summed E-state index contributed by atoms with van der Waals surface area (Å²) in [5.74, 6) is 2.87. The van der Waals surface area contributed by atoms with Crippen LogP contribution in [0.25, 0.3) is 16.7 Å². The summed E-state index contributed by atoms with van der Waals surface area (Å²) in [6, 6.07) is 6.66. The maximum Gasteiger partial charge on any atom is 0.159 e. The molecule has 3 fully saturated rings. The van der Waals surface area contributed by atoms with Gasteiger partial charge in [-0.25, -0.2) is 14.6 Å². The summed E-state index contributed by atoms with van der Waals surface area (Å²) in [6.45, 7) is 6.51. The Morgan fingerprint density at radius 2 is 1.97 bits per heavy atom. The molecule has 0 spiro atoms. The first-order valence-electron chi connectivity index (χ1n) is 11.8. The van der Waals surface area contributed by atoms with Gasteiger partial charge in [0.1, 0.15) is 11.6 Å². The fraction of sp³-hybridized carbons (Fsp3) is 0.542. The number of halogens is 1. The normalized spacial score (nSPS) is 23.8. The SMILES string of the molecule is Cc1nc(N2CC3CC2CO3)cc(-n2ncc3cc(Cl)c(C4CCN(CCO)CC4)cc32)n1. The van der Waals surface area contributed by atoms with Crippen LogP contribution in [0.5, 0.6) is 0 Å². The quantitative estimate of drug-likeness (QED) is 0.616. The molecule has 0 radical (unpaired) electrons. The number of hydrogen-bond acceptors (Lipinski definition) is 7. The predicted octanol–water partition coefficient (Wildman–Crippen LogP) is 2.93. The number of anilines is 1. The number of nitrogens with zero attached hydrogens (tertiary/aromatic N) is 6. The zero-order valence-electron chi connectivity index (χ0n) is 18.8. The second-order valence-electron chi connectivity index (χ2n) is 9.46. The molecule has 0 aliphatic carbocycles. The average molecular weight is 469 g/mol. The van der Waals surface area contributed by atoms with Crippen molar-refractivity contribution < 1.29 is 9.84 Å². The van der Waals surface area contributed by atoms with Gasteiger partial charge in [-0.3, -0.25) is 0 Å². The van der Waals surface area contributed by atoms with Crippen molar-refractivity contribution in [2.45, 2.75) is 44.2 Å². The van der Waals surface area contributed by atoms with E-state index in [-0.39, 0.29) is 6.61 Å².